The van der Waals surface area contributed by atoms with E-state index in [1.165, 1.54) is 24.1 Å². The van der Waals surface area contributed by atoms with Crippen LogP contribution < -0.4 is 5.32 Å². The molecule has 1 heterocycles. The summed E-state index contributed by atoms with van der Waals surface area (Å²) in [7, 11) is 5.76. The van der Waals surface area contributed by atoms with Gasteiger partial charge in [-0.3, -0.25) is 14.5 Å². The van der Waals surface area contributed by atoms with Crippen molar-refractivity contribution in [1.82, 2.24) is 9.80 Å². The molecule has 1 aliphatic heterocycles. The van der Waals surface area contributed by atoms with E-state index in [0.29, 0.717) is 35.5 Å². The molecule has 1 saturated carbocycles. The third kappa shape index (κ3) is 5.13. The Bertz CT molecular complexity index is 1370. The molecular formula is C30H34BN3O4. The van der Waals surface area contributed by atoms with Gasteiger partial charge in [0.25, 0.3) is 5.91 Å². The predicted octanol–water partition coefficient (Wildman–Crippen LogP) is 3.76. The second-order valence-corrected chi connectivity index (χ2v) is 11.0. The van der Waals surface area contributed by atoms with Crippen molar-refractivity contribution >= 4 is 25.3 Å². The van der Waals surface area contributed by atoms with Gasteiger partial charge in [-0.25, -0.2) is 0 Å². The Balaban J connectivity index is 1.44. The second kappa shape index (κ2) is 10.2. The highest BCUT2D eigenvalue weighted by atomic mass is 16.3. The molecular weight excluding hydrogens is 477 g/mol. The number of hydrogen-bond acceptors (Lipinski definition) is 5. The lowest BCUT2D eigenvalue weighted by Gasteiger charge is -2.21. The zero-order chi connectivity index (χ0) is 27.0. The van der Waals surface area contributed by atoms with Crippen LogP contribution in [0.2, 0.25) is 5.82 Å². The highest BCUT2D eigenvalue weighted by Crippen LogP contribution is 2.50. The first kappa shape index (κ1) is 25.9. The number of likely N-dealkylation sites (tertiary alicyclic amines) is 1. The van der Waals surface area contributed by atoms with Crippen LogP contribution in [0, 0.1) is 0 Å². The number of anilines is 1. The van der Waals surface area contributed by atoms with E-state index in [4.69, 9.17) is 0 Å². The molecule has 0 bridgehead atoms. The second-order valence-electron chi connectivity index (χ2n) is 11.0. The quantitative estimate of drug-likeness (QED) is 0.332. The third-order valence-electron chi connectivity index (χ3n) is 7.83. The predicted molar refractivity (Wildman–Crippen MR) is 151 cm³/mol. The van der Waals surface area contributed by atoms with Crippen LogP contribution in [0.5, 0.6) is 11.5 Å². The molecule has 5 rings (SSSR count). The zero-order valence-corrected chi connectivity index (χ0v) is 22.2. The summed E-state index contributed by atoms with van der Waals surface area (Å²) in [6, 6.07) is 18.3. The van der Waals surface area contributed by atoms with E-state index in [9.17, 15) is 19.8 Å². The van der Waals surface area contributed by atoms with Gasteiger partial charge in [0.2, 0.25) is 5.91 Å². The van der Waals surface area contributed by atoms with E-state index < -0.39 is 5.41 Å². The number of benzene rings is 3. The van der Waals surface area contributed by atoms with Crippen LogP contribution in [0.25, 0.3) is 11.1 Å². The van der Waals surface area contributed by atoms with Crippen molar-refractivity contribution in [3.05, 3.63) is 77.4 Å². The molecule has 0 unspecified atom stereocenters. The summed E-state index contributed by atoms with van der Waals surface area (Å²) in [5.41, 5.74) is 4.52. The van der Waals surface area contributed by atoms with E-state index in [0.717, 1.165) is 30.8 Å². The minimum absolute atomic E-state index is 0.0427. The number of carbonyl (C=O) groups excluding carboxylic acids is 2. The maximum atomic E-state index is 13.4. The summed E-state index contributed by atoms with van der Waals surface area (Å²) in [6.45, 7) is 2.95. The van der Waals surface area contributed by atoms with Crippen molar-refractivity contribution in [3.63, 3.8) is 0 Å². The van der Waals surface area contributed by atoms with Crippen molar-refractivity contribution in [2.24, 2.45) is 0 Å². The first-order valence-corrected chi connectivity index (χ1v) is 13.2. The molecule has 38 heavy (non-hydrogen) atoms. The molecule has 1 saturated heterocycles. The lowest BCUT2D eigenvalue weighted by molar-refractivity contribution is -0.118. The number of rotatable bonds is 7. The molecule has 0 spiro atoms. The lowest BCUT2D eigenvalue weighted by Crippen LogP contribution is -2.27. The average molecular weight is 511 g/mol. The summed E-state index contributed by atoms with van der Waals surface area (Å²) in [6.07, 6.45) is 2.56. The monoisotopic (exact) mass is 511 g/mol. The minimum atomic E-state index is -0.704. The number of nitrogens with one attached hydrogen (secondary N) is 1. The lowest BCUT2D eigenvalue weighted by atomic mass is 9.87. The van der Waals surface area contributed by atoms with Gasteiger partial charge in [0.15, 0.2) is 11.5 Å². The SMILES string of the molecule is B[C@H]1CCN(Cc2ccc(NC(=O)C3(c4ccc(O)c(O)c4)CC3)cc2-c2ccc(C(=O)N(C)C)cc2)C1. The Morgan fingerprint density at radius 2 is 1.76 bits per heavy atom. The first-order chi connectivity index (χ1) is 18.2. The Morgan fingerprint density at radius 1 is 1.03 bits per heavy atom. The number of phenols is 2. The number of phenolic OH excluding ortho intramolecular Hbond substituents is 2. The Hall–Kier alpha value is -3.78. The third-order valence-corrected chi connectivity index (χ3v) is 7.83. The Kier molecular flexibility index (Phi) is 6.93. The molecule has 2 aliphatic rings. The molecule has 2 fully saturated rings. The maximum Gasteiger partial charge on any atom is 0.253 e. The Labute approximate surface area is 224 Å². The molecule has 3 aromatic rings. The van der Waals surface area contributed by atoms with E-state index >= 15 is 0 Å². The van der Waals surface area contributed by atoms with Crippen LogP contribution in [-0.4, -0.2) is 66.9 Å². The van der Waals surface area contributed by atoms with Gasteiger partial charge in [0.1, 0.15) is 7.85 Å². The van der Waals surface area contributed by atoms with Crippen molar-refractivity contribution in [2.45, 2.75) is 37.0 Å². The highest BCUT2D eigenvalue weighted by molar-refractivity contribution is 6.12. The van der Waals surface area contributed by atoms with Crippen molar-refractivity contribution < 1.29 is 19.8 Å². The molecule has 0 aromatic heterocycles. The van der Waals surface area contributed by atoms with Gasteiger partial charge >= 0.3 is 0 Å². The van der Waals surface area contributed by atoms with Gasteiger partial charge in [-0.15, -0.1) is 0 Å². The number of nitrogens with zero attached hydrogens (tertiary/aromatic N) is 2. The van der Waals surface area contributed by atoms with Gasteiger partial charge in [0, 0.05) is 31.9 Å². The van der Waals surface area contributed by atoms with Crippen molar-refractivity contribution in [3.8, 4) is 22.6 Å². The van der Waals surface area contributed by atoms with Crippen LogP contribution >= 0.6 is 0 Å². The fourth-order valence-corrected chi connectivity index (χ4v) is 5.37. The summed E-state index contributed by atoms with van der Waals surface area (Å²) < 4.78 is 0. The number of aromatic hydroxyl groups is 2. The molecule has 1 atom stereocenters. The largest absolute Gasteiger partial charge is 0.504 e. The van der Waals surface area contributed by atoms with Crippen LogP contribution in [0.1, 0.15) is 40.7 Å². The van der Waals surface area contributed by atoms with Gasteiger partial charge in [-0.1, -0.05) is 30.1 Å². The molecule has 0 radical (unpaired) electrons. The molecule has 3 aromatic carbocycles. The van der Waals surface area contributed by atoms with Crippen LogP contribution in [-0.2, 0) is 16.8 Å². The molecule has 1 aliphatic carbocycles. The van der Waals surface area contributed by atoms with Crippen LogP contribution in [0.3, 0.4) is 0 Å². The minimum Gasteiger partial charge on any atom is -0.504 e. The fourth-order valence-electron chi connectivity index (χ4n) is 5.37. The number of carbonyl (C=O) groups is 2. The zero-order valence-electron chi connectivity index (χ0n) is 22.2. The summed E-state index contributed by atoms with van der Waals surface area (Å²) >= 11 is 0. The van der Waals surface area contributed by atoms with E-state index in [1.54, 1.807) is 25.1 Å². The molecule has 196 valence electrons. The van der Waals surface area contributed by atoms with E-state index in [-0.39, 0.29) is 23.3 Å². The molecule has 3 N–H and O–H groups in total. The summed E-state index contributed by atoms with van der Waals surface area (Å²) in [5.74, 6) is 0.0966. The normalized spacial score (nSPS) is 18.2. The topological polar surface area (TPSA) is 93.1 Å². The van der Waals surface area contributed by atoms with E-state index in [1.807, 2.05) is 36.4 Å². The van der Waals surface area contributed by atoms with Gasteiger partial charge in [-0.05, 0) is 91.0 Å². The van der Waals surface area contributed by atoms with Gasteiger partial charge in [-0.2, -0.15) is 0 Å². The molecule has 8 heteroatoms. The summed E-state index contributed by atoms with van der Waals surface area (Å²) in [5, 5.41) is 22.8. The standard InChI is InChI=1S/C30H34BN3O4/c1-33(2)28(37)20-5-3-19(4-6-20)25-16-24(9-7-21(25)17-34-14-11-23(31)18-34)32-29(38)30(12-13-30)22-8-10-26(35)27(36)15-22/h3-10,15-16,23,35-36H,11-14,17-18,31H2,1-2H3,(H,32,38)/t23-/m0/s1. The maximum absolute atomic E-state index is 13.4. The first-order valence-electron chi connectivity index (χ1n) is 13.2. The number of amides is 2. The molecule has 2 amide bonds. The van der Waals surface area contributed by atoms with Crippen LogP contribution in [0.15, 0.2) is 60.7 Å². The van der Waals surface area contributed by atoms with Crippen molar-refractivity contribution in [2.75, 3.05) is 32.5 Å². The average Bonchev–Trinajstić information content (AvgIpc) is 3.62. The highest BCUT2D eigenvalue weighted by Gasteiger charge is 2.51. The van der Waals surface area contributed by atoms with E-state index in [2.05, 4.69) is 24.1 Å². The number of hydrogen-bond donors (Lipinski definition) is 3. The van der Waals surface area contributed by atoms with Crippen molar-refractivity contribution in [1.29, 1.82) is 0 Å². The van der Waals surface area contributed by atoms with Crippen LogP contribution in [0.4, 0.5) is 5.69 Å². The summed E-state index contributed by atoms with van der Waals surface area (Å²) in [4.78, 5) is 29.8. The molecule has 7 nitrogen and oxygen atoms in total. The smallest absolute Gasteiger partial charge is 0.253 e. The van der Waals surface area contributed by atoms with Gasteiger partial charge < -0.3 is 20.4 Å². The fraction of sp³-hybridized carbons (Fsp3) is 0.333. The Morgan fingerprint density at radius 3 is 2.37 bits per heavy atom. The van der Waals surface area contributed by atoms with Gasteiger partial charge in [0.05, 0.1) is 5.41 Å².